The van der Waals surface area contributed by atoms with Crippen LogP contribution in [0.15, 0.2) is 36.4 Å². The van der Waals surface area contributed by atoms with Gasteiger partial charge in [0, 0.05) is 23.6 Å². The maximum absolute atomic E-state index is 14.6. The van der Waals surface area contributed by atoms with Crippen LogP contribution < -0.4 is 4.90 Å². The highest BCUT2D eigenvalue weighted by atomic mass is 35.5. The predicted octanol–water partition coefficient (Wildman–Crippen LogP) is 4.48. The first-order valence-electron chi connectivity index (χ1n) is 7.98. The molecule has 2 atom stereocenters. The number of carbonyl (C=O) groups is 1. The van der Waals surface area contributed by atoms with E-state index in [-0.39, 0.29) is 34.3 Å². The molecule has 27 heavy (non-hydrogen) atoms. The molecule has 0 spiro atoms. The van der Waals surface area contributed by atoms with Crippen LogP contribution >= 0.6 is 23.2 Å². The zero-order valence-corrected chi connectivity index (χ0v) is 15.7. The minimum atomic E-state index is -1.39. The quantitative estimate of drug-likeness (QED) is 0.699. The number of halogens is 4. The van der Waals surface area contributed by atoms with Gasteiger partial charge in [-0.2, -0.15) is 5.26 Å². The number of ether oxygens (including phenoxy) is 1. The fourth-order valence-corrected chi connectivity index (χ4v) is 3.76. The van der Waals surface area contributed by atoms with Gasteiger partial charge < -0.3 is 9.64 Å². The lowest BCUT2D eigenvalue weighted by atomic mass is 9.79. The summed E-state index contributed by atoms with van der Waals surface area (Å²) in [6, 6.07) is 9.47. The highest BCUT2D eigenvalue weighted by Crippen LogP contribution is 2.43. The van der Waals surface area contributed by atoms with Gasteiger partial charge in [-0.1, -0.05) is 35.3 Å². The third-order valence-corrected chi connectivity index (χ3v) is 5.26. The second kappa shape index (κ2) is 7.34. The van der Waals surface area contributed by atoms with Crippen LogP contribution in [0.25, 0.3) is 0 Å². The van der Waals surface area contributed by atoms with Gasteiger partial charge in [0.1, 0.15) is 17.3 Å². The first-order chi connectivity index (χ1) is 12.8. The van der Waals surface area contributed by atoms with Crippen LogP contribution in [-0.2, 0) is 14.9 Å². The SMILES string of the molecule is COC(=O)C1CC(C#N)(c2ccc(Cl)cc2F)CN1c1cccc(Cl)c1F. The van der Waals surface area contributed by atoms with Gasteiger partial charge in [-0.3, -0.25) is 0 Å². The maximum Gasteiger partial charge on any atom is 0.328 e. The molecule has 1 fully saturated rings. The Kier molecular flexibility index (Phi) is 5.27. The summed E-state index contributed by atoms with van der Waals surface area (Å²) in [5, 5.41) is 9.94. The lowest BCUT2D eigenvalue weighted by molar-refractivity contribution is -0.142. The third kappa shape index (κ3) is 3.33. The molecule has 8 heteroatoms. The molecule has 0 radical (unpaired) electrons. The molecular formula is C19H14Cl2F2N2O2. The van der Waals surface area contributed by atoms with Crippen LogP contribution in [-0.4, -0.2) is 25.7 Å². The van der Waals surface area contributed by atoms with Crippen molar-refractivity contribution in [2.75, 3.05) is 18.6 Å². The van der Waals surface area contributed by atoms with Gasteiger partial charge in [-0.05, 0) is 24.3 Å². The largest absolute Gasteiger partial charge is 0.467 e. The summed E-state index contributed by atoms with van der Waals surface area (Å²) < 4.78 is 34.0. The van der Waals surface area contributed by atoms with Crippen molar-refractivity contribution >= 4 is 34.9 Å². The normalized spacial score (nSPS) is 21.8. The average Bonchev–Trinajstić information content (AvgIpc) is 3.04. The van der Waals surface area contributed by atoms with Gasteiger partial charge in [-0.15, -0.1) is 0 Å². The summed E-state index contributed by atoms with van der Waals surface area (Å²) in [6.07, 6.45) is -0.0688. The molecule has 1 aliphatic rings. The van der Waals surface area contributed by atoms with E-state index in [4.69, 9.17) is 27.9 Å². The van der Waals surface area contributed by atoms with E-state index in [0.717, 1.165) is 6.07 Å². The van der Waals surface area contributed by atoms with E-state index in [9.17, 15) is 18.8 Å². The zero-order valence-electron chi connectivity index (χ0n) is 14.2. The molecule has 0 saturated carbocycles. The smallest absolute Gasteiger partial charge is 0.328 e. The number of nitrogens with zero attached hydrogens (tertiary/aromatic N) is 2. The molecule has 0 amide bonds. The third-order valence-electron chi connectivity index (χ3n) is 4.73. The standard InChI is InChI=1S/C19H14Cl2F2N2O2/c1-27-18(26)16-8-19(9-24,12-6-5-11(20)7-14(12)22)10-25(16)15-4-2-3-13(21)17(15)23/h2-7,16H,8,10H2,1H3. The molecule has 0 bridgehead atoms. The van der Waals surface area contributed by atoms with Gasteiger partial charge in [0.15, 0.2) is 5.82 Å². The van der Waals surface area contributed by atoms with Crippen molar-refractivity contribution in [2.24, 2.45) is 0 Å². The summed E-state index contributed by atoms with van der Waals surface area (Å²) >= 11 is 11.7. The number of hydrogen-bond acceptors (Lipinski definition) is 4. The Bertz CT molecular complexity index is 948. The summed E-state index contributed by atoms with van der Waals surface area (Å²) in [7, 11) is 1.20. The van der Waals surface area contributed by atoms with Crippen LogP contribution in [0.4, 0.5) is 14.5 Å². The Labute approximate surface area is 164 Å². The topological polar surface area (TPSA) is 53.3 Å². The number of carbonyl (C=O) groups excluding carboxylic acids is 1. The molecule has 1 aliphatic heterocycles. The number of methoxy groups -OCH3 is 1. The highest BCUT2D eigenvalue weighted by Gasteiger charge is 2.50. The first kappa shape index (κ1) is 19.4. The van der Waals surface area contributed by atoms with Crippen molar-refractivity contribution in [3.63, 3.8) is 0 Å². The minimum Gasteiger partial charge on any atom is -0.467 e. The van der Waals surface area contributed by atoms with Crippen molar-refractivity contribution in [3.05, 3.63) is 63.6 Å². The van der Waals surface area contributed by atoms with Crippen LogP contribution in [0.1, 0.15) is 12.0 Å². The summed E-state index contributed by atoms with van der Waals surface area (Å²) in [5.74, 6) is -2.04. The summed E-state index contributed by atoms with van der Waals surface area (Å²) in [4.78, 5) is 13.7. The molecule has 3 rings (SSSR count). The molecule has 1 heterocycles. The first-order valence-corrected chi connectivity index (χ1v) is 8.74. The monoisotopic (exact) mass is 410 g/mol. The molecule has 140 valence electrons. The van der Waals surface area contributed by atoms with E-state index >= 15 is 0 Å². The number of esters is 1. The van der Waals surface area contributed by atoms with Gasteiger partial charge in [0.2, 0.25) is 0 Å². The van der Waals surface area contributed by atoms with Crippen LogP contribution in [0.5, 0.6) is 0 Å². The van der Waals surface area contributed by atoms with Gasteiger partial charge >= 0.3 is 5.97 Å². The van der Waals surface area contributed by atoms with Crippen molar-refractivity contribution in [2.45, 2.75) is 17.9 Å². The highest BCUT2D eigenvalue weighted by molar-refractivity contribution is 6.31. The predicted molar refractivity (Wildman–Crippen MR) is 97.9 cm³/mol. The Morgan fingerprint density at radius 2 is 2.07 bits per heavy atom. The Morgan fingerprint density at radius 1 is 1.33 bits per heavy atom. The molecule has 0 aromatic heterocycles. The second-order valence-electron chi connectivity index (χ2n) is 6.26. The van der Waals surface area contributed by atoms with Crippen molar-refractivity contribution in [3.8, 4) is 6.07 Å². The molecule has 2 aromatic rings. The fraction of sp³-hybridized carbons (Fsp3) is 0.263. The lowest BCUT2D eigenvalue weighted by Crippen LogP contribution is -2.37. The molecule has 1 saturated heterocycles. The molecule has 2 aromatic carbocycles. The van der Waals surface area contributed by atoms with Gasteiger partial charge in [-0.25, -0.2) is 13.6 Å². The van der Waals surface area contributed by atoms with E-state index in [1.807, 2.05) is 0 Å². The average molecular weight is 411 g/mol. The number of benzene rings is 2. The number of rotatable bonds is 3. The van der Waals surface area contributed by atoms with Gasteiger partial charge in [0.25, 0.3) is 0 Å². The van der Waals surface area contributed by atoms with E-state index < -0.39 is 29.1 Å². The van der Waals surface area contributed by atoms with Crippen molar-refractivity contribution in [1.29, 1.82) is 5.26 Å². The molecule has 0 N–H and O–H groups in total. The molecule has 4 nitrogen and oxygen atoms in total. The van der Waals surface area contributed by atoms with E-state index in [1.54, 1.807) is 0 Å². The van der Waals surface area contributed by atoms with Crippen molar-refractivity contribution < 1.29 is 18.3 Å². The van der Waals surface area contributed by atoms with Crippen molar-refractivity contribution in [1.82, 2.24) is 0 Å². The van der Waals surface area contributed by atoms with Crippen LogP contribution in [0, 0.1) is 23.0 Å². The molecule has 0 aliphatic carbocycles. The second-order valence-corrected chi connectivity index (χ2v) is 7.11. The summed E-state index contributed by atoms with van der Waals surface area (Å²) in [5.41, 5.74) is -1.25. The van der Waals surface area contributed by atoms with E-state index in [1.165, 1.54) is 42.3 Å². The Hall–Kier alpha value is -2.36. The number of hydrogen-bond donors (Lipinski definition) is 0. The molecular weight excluding hydrogens is 397 g/mol. The molecule has 2 unspecified atom stereocenters. The zero-order chi connectivity index (χ0) is 19.8. The Balaban J connectivity index is 2.13. The van der Waals surface area contributed by atoms with E-state index in [0.29, 0.717) is 0 Å². The van der Waals surface area contributed by atoms with E-state index in [2.05, 4.69) is 6.07 Å². The number of nitriles is 1. The number of anilines is 1. The minimum absolute atomic E-state index is 0.0457. The van der Waals surface area contributed by atoms with Crippen LogP contribution in [0.3, 0.4) is 0 Å². The van der Waals surface area contributed by atoms with Gasteiger partial charge in [0.05, 0.1) is 23.9 Å². The lowest BCUT2D eigenvalue weighted by Gasteiger charge is -2.26. The van der Waals surface area contributed by atoms with Crippen LogP contribution in [0.2, 0.25) is 10.0 Å². The fourth-order valence-electron chi connectivity index (χ4n) is 3.43. The summed E-state index contributed by atoms with van der Waals surface area (Å²) in [6.45, 7) is -0.112. The maximum atomic E-state index is 14.6. The Morgan fingerprint density at radius 3 is 2.70 bits per heavy atom.